The van der Waals surface area contributed by atoms with E-state index in [1.807, 2.05) is 54.6 Å². The molecule has 0 aromatic heterocycles. The van der Waals surface area contributed by atoms with Crippen LogP contribution in [-0.4, -0.2) is 43.1 Å². The maximum atomic E-state index is 13.3. The fraction of sp³-hybridized carbons (Fsp3) is 0.300. The van der Waals surface area contributed by atoms with E-state index in [2.05, 4.69) is 18.2 Å². The molecule has 0 aliphatic carbocycles. The largest absolute Gasteiger partial charge is 0.491 e. The van der Waals surface area contributed by atoms with E-state index in [1.54, 1.807) is 24.0 Å². The molecule has 0 unspecified atom stereocenters. The Bertz CT molecular complexity index is 1230. The van der Waals surface area contributed by atoms with Gasteiger partial charge in [-0.3, -0.25) is 9.59 Å². The van der Waals surface area contributed by atoms with E-state index < -0.39 is 11.4 Å². The summed E-state index contributed by atoms with van der Waals surface area (Å²) in [5.41, 5.74) is 2.67. The summed E-state index contributed by atoms with van der Waals surface area (Å²) >= 11 is 0. The number of benzene rings is 3. The lowest BCUT2D eigenvalue weighted by Gasteiger charge is -2.25. The van der Waals surface area contributed by atoms with Crippen molar-refractivity contribution in [3.05, 3.63) is 90.0 Å². The zero-order valence-corrected chi connectivity index (χ0v) is 20.6. The quantitative estimate of drug-likeness (QED) is 0.316. The molecule has 3 aromatic carbocycles. The first-order chi connectivity index (χ1) is 17.4. The third-order valence-corrected chi connectivity index (χ3v) is 6.80. The molecule has 184 valence electrons. The second kappa shape index (κ2) is 11.1. The van der Waals surface area contributed by atoms with Gasteiger partial charge in [0.25, 0.3) is 0 Å². The number of carbonyl (C=O) groups excluding carboxylic acids is 2. The summed E-state index contributed by atoms with van der Waals surface area (Å²) in [5.74, 6) is -0.0160. The van der Waals surface area contributed by atoms with Crippen molar-refractivity contribution in [1.82, 2.24) is 4.90 Å². The topological polar surface area (TPSA) is 79.6 Å². The summed E-state index contributed by atoms with van der Waals surface area (Å²) in [7, 11) is 1.32. The first kappa shape index (κ1) is 25.0. The number of ether oxygens (including phenoxy) is 2. The number of methoxy groups -OCH3 is 1. The second-order valence-corrected chi connectivity index (χ2v) is 9.29. The van der Waals surface area contributed by atoms with Crippen molar-refractivity contribution in [2.24, 2.45) is 5.41 Å². The highest BCUT2D eigenvalue weighted by Crippen LogP contribution is 2.37. The molecule has 1 aliphatic rings. The van der Waals surface area contributed by atoms with E-state index in [0.717, 1.165) is 24.0 Å². The molecule has 0 bridgehead atoms. The normalized spacial score (nSPS) is 19.1. The van der Waals surface area contributed by atoms with Crippen LogP contribution in [0.3, 0.4) is 0 Å². The Morgan fingerprint density at radius 3 is 2.28 bits per heavy atom. The predicted molar refractivity (Wildman–Crippen MR) is 137 cm³/mol. The minimum Gasteiger partial charge on any atom is -0.491 e. The number of likely N-dealkylation sites (tertiary alicyclic amines) is 1. The molecule has 0 saturated carbocycles. The summed E-state index contributed by atoms with van der Waals surface area (Å²) in [6.45, 7) is 2.50. The summed E-state index contributed by atoms with van der Waals surface area (Å²) in [4.78, 5) is 27.6. The molecule has 1 heterocycles. The number of amides is 1. The Morgan fingerprint density at radius 2 is 1.67 bits per heavy atom. The Hall–Kier alpha value is -4.11. The van der Waals surface area contributed by atoms with Gasteiger partial charge in [0, 0.05) is 6.54 Å². The third-order valence-electron chi connectivity index (χ3n) is 6.80. The lowest BCUT2D eigenvalue weighted by atomic mass is 9.87. The van der Waals surface area contributed by atoms with Crippen molar-refractivity contribution in [3.63, 3.8) is 0 Å². The van der Waals surface area contributed by atoms with Gasteiger partial charge < -0.3 is 14.4 Å². The molecule has 3 aromatic rings. The molecule has 6 nitrogen and oxygen atoms in total. The smallest absolute Gasteiger partial charge is 0.321 e. The number of aryl methyl sites for hydroxylation is 1. The van der Waals surface area contributed by atoms with Crippen LogP contribution in [0.15, 0.2) is 78.9 Å². The maximum absolute atomic E-state index is 13.3. The first-order valence-electron chi connectivity index (χ1n) is 12.1. The van der Waals surface area contributed by atoms with E-state index >= 15 is 0 Å². The third kappa shape index (κ3) is 5.41. The second-order valence-electron chi connectivity index (χ2n) is 9.29. The molecule has 4 rings (SSSR count). The van der Waals surface area contributed by atoms with Crippen LogP contribution in [-0.2, 0) is 20.7 Å². The summed E-state index contributed by atoms with van der Waals surface area (Å²) in [6, 6.07) is 27.2. The van der Waals surface area contributed by atoms with Gasteiger partial charge in [0.2, 0.25) is 5.91 Å². The number of hydrogen-bond acceptors (Lipinski definition) is 5. The molecule has 2 atom stereocenters. The number of carbonyl (C=O) groups is 2. The van der Waals surface area contributed by atoms with Crippen LogP contribution in [0, 0.1) is 16.7 Å². The average molecular weight is 483 g/mol. The number of nitriles is 1. The van der Waals surface area contributed by atoms with Crippen molar-refractivity contribution in [3.8, 4) is 22.9 Å². The molecule has 1 saturated heterocycles. The standard InChI is InChI=1S/C30H30N2O4/c1-30(29(34)35-2)19-26(32(28(30)33)18-6-9-22-7-4-3-5-8-22)21-36-27-16-14-25(15-17-27)24-12-10-23(20-31)11-13-24/h3-5,7-8,10-17,26H,6,9,18-19,21H2,1-2H3/t26-,30+/m0/s1. The van der Waals surface area contributed by atoms with Crippen molar-refractivity contribution >= 4 is 11.9 Å². The van der Waals surface area contributed by atoms with E-state index in [-0.39, 0.29) is 11.9 Å². The van der Waals surface area contributed by atoms with Crippen molar-refractivity contribution in [2.45, 2.75) is 32.2 Å². The monoisotopic (exact) mass is 482 g/mol. The van der Waals surface area contributed by atoms with Crippen molar-refractivity contribution in [2.75, 3.05) is 20.3 Å². The van der Waals surface area contributed by atoms with Gasteiger partial charge in [0.15, 0.2) is 0 Å². The van der Waals surface area contributed by atoms with Gasteiger partial charge in [-0.2, -0.15) is 5.26 Å². The summed E-state index contributed by atoms with van der Waals surface area (Å²) in [5, 5.41) is 8.98. The molecule has 1 aliphatic heterocycles. The van der Waals surface area contributed by atoms with Gasteiger partial charge in [-0.25, -0.2) is 0 Å². The lowest BCUT2D eigenvalue weighted by molar-refractivity contribution is -0.157. The van der Waals surface area contributed by atoms with Crippen LogP contribution in [0.1, 0.15) is 30.9 Å². The Kier molecular flexibility index (Phi) is 7.70. The van der Waals surface area contributed by atoms with Gasteiger partial charge in [-0.1, -0.05) is 54.6 Å². The molecule has 0 radical (unpaired) electrons. The van der Waals surface area contributed by atoms with Crippen LogP contribution in [0.4, 0.5) is 0 Å². The molecule has 1 fully saturated rings. The number of esters is 1. The lowest BCUT2D eigenvalue weighted by Crippen LogP contribution is -2.41. The van der Waals surface area contributed by atoms with Crippen LogP contribution >= 0.6 is 0 Å². The van der Waals surface area contributed by atoms with Crippen LogP contribution in [0.5, 0.6) is 5.75 Å². The minimum atomic E-state index is -1.20. The molecular formula is C30H30N2O4. The molecule has 36 heavy (non-hydrogen) atoms. The van der Waals surface area contributed by atoms with E-state index in [9.17, 15) is 9.59 Å². The molecule has 6 heteroatoms. The van der Waals surface area contributed by atoms with Gasteiger partial charge in [0.1, 0.15) is 17.8 Å². The fourth-order valence-electron chi connectivity index (χ4n) is 4.75. The Morgan fingerprint density at radius 1 is 1.03 bits per heavy atom. The Balaban J connectivity index is 1.42. The molecule has 1 amide bonds. The molecule has 0 spiro atoms. The van der Waals surface area contributed by atoms with Gasteiger partial charge in [0.05, 0.1) is 24.8 Å². The number of rotatable bonds is 9. The van der Waals surface area contributed by atoms with Gasteiger partial charge in [-0.15, -0.1) is 0 Å². The molecular weight excluding hydrogens is 452 g/mol. The average Bonchev–Trinajstić information content (AvgIpc) is 3.18. The van der Waals surface area contributed by atoms with Crippen LogP contribution in [0.25, 0.3) is 11.1 Å². The van der Waals surface area contributed by atoms with Crippen LogP contribution < -0.4 is 4.74 Å². The van der Waals surface area contributed by atoms with Gasteiger partial charge >= 0.3 is 5.97 Å². The SMILES string of the molecule is COC(=O)[C@]1(C)C[C@@H](COc2ccc(-c3ccc(C#N)cc3)cc2)N(CCCc2ccccc2)C1=O. The highest BCUT2D eigenvalue weighted by atomic mass is 16.5. The van der Waals surface area contributed by atoms with Crippen molar-refractivity contribution < 1.29 is 19.1 Å². The summed E-state index contributed by atoms with van der Waals surface area (Å²) in [6.07, 6.45) is 2.00. The minimum absolute atomic E-state index is 0.202. The Labute approximate surface area is 212 Å². The van der Waals surface area contributed by atoms with Crippen LogP contribution in [0.2, 0.25) is 0 Å². The van der Waals surface area contributed by atoms with Gasteiger partial charge in [-0.05, 0) is 67.1 Å². The highest BCUT2D eigenvalue weighted by molar-refractivity contribution is 6.04. The predicted octanol–water partition coefficient (Wildman–Crippen LogP) is 5.02. The first-order valence-corrected chi connectivity index (χ1v) is 12.1. The zero-order chi connectivity index (χ0) is 25.5. The van der Waals surface area contributed by atoms with E-state index in [4.69, 9.17) is 14.7 Å². The molecule has 0 N–H and O–H groups in total. The summed E-state index contributed by atoms with van der Waals surface area (Å²) < 4.78 is 11.0. The zero-order valence-electron chi connectivity index (χ0n) is 20.6. The van der Waals surface area contributed by atoms with Crippen molar-refractivity contribution in [1.29, 1.82) is 5.26 Å². The highest BCUT2D eigenvalue weighted by Gasteiger charge is 2.54. The number of hydrogen-bond donors (Lipinski definition) is 0. The van der Waals surface area contributed by atoms with E-state index in [1.165, 1.54) is 12.7 Å². The fourth-order valence-corrected chi connectivity index (χ4v) is 4.75. The van der Waals surface area contributed by atoms with E-state index in [0.29, 0.717) is 30.9 Å². The maximum Gasteiger partial charge on any atom is 0.321 e. The number of nitrogens with zero attached hydrogens (tertiary/aromatic N) is 2.